The van der Waals surface area contributed by atoms with Crippen LogP contribution in [0.15, 0.2) is 30.5 Å². The number of aryl methyl sites for hydroxylation is 2. The number of hydrogen-bond acceptors (Lipinski definition) is 1. The Kier molecular flexibility index (Phi) is 3.64. The molecule has 0 bridgehead atoms. The zero-order chi connectivity index (χ0) is 14.0. The second kappa shape index (κ2) is 5.07. The Bertz CT molecular complexity index is 553. The molecule has 1 heterocycles. The van der Waals surface area contributed by atoms with E-state index in [1.54, 1.807) is 0 Å². The molecule has 0 saturated carbocycles. The van der Waals surface area contributed by atoms with Crippen molar-refractivity contribution in [1.82, 2.24) is 9.78 Å². The van der Waals surface area contributed by atoms with Crippen molar-refractivity contribution in [2.45, 2.75) is 33.0 Å². The van der Waals surface area contributed by atoms with Crippen LogP contribution in [0.4, 0.5) is 13.2 Å². The average molecular weight is 268 g/mol. The van der Waals surface area contributed by atoms with Gasteiger partial charge < -0.3 is 0 Å². The summed E-state index contributed by atoms with van der Waals surface area (Å²) in [4.78, 5) is 0. The van der Waals surface area contributed by atoms with Crippen molar-refractivity contribution in [2.75, 3.05) is 0 Å². The van der Waals surface area contributed by atoms with Gasteiger partial charge in [0.1, 0.15) is 6.54 Å². The lowest BCUT2D eigenvalue weighted by atomic mass is 10.0. The van der Waals surface area contributed by atoms with Crippen molar-refractivity contribution in [3.05, 3.63) is 41.6 Å². The Morgan fingerprint density at radius 3 is 2.32 bits per heavy atom. The third-order valence-corrected chi connectivity index (χ3v) is 2.95. The SMILES string of the molecule is CCc1cnn(CC(F)(F)F)c1-c1ccc(C)cc1. The summed E-state index contributed by atoms with van der Waals surface area (Å²) in [5, 5.41) is 3.87. The van der Waals surface area contributed by atoms with Crippen LogP contribution in [-0.2, 0) is 13.0 Å². The van der Waals surface area contributed by atoms with E-state index in [9.17, 15) is 13.2 Å². The van der Waals surface area contributed by atoms with Crippen LogP contribution in [-0.4, -0.2) is 16.0 Å². The maximum Gasteiger partial charge on any atom is 0.408 e. The highest BCUT2D eigenvalue weighted by atomic mass is 19.4. The smallest absolute Gasteiger partial charge is 0.255 e. The lowest BCUT2D eigenvalue weighted by Gasteiger charge is -2.12. The van der Waals surface area contributed by atoms with Gasteiger partial charge in [0, 0.05) is 5.56 Å². The van der Waals surface area contributed by atoms with E-state index in [4.69, 9.17) is 0 Å². The number of halogens is 3. The van der Waals surface area contributed by atoms with Crippen molar-refractivity contribution in [1.29, 1.82) is 0 Å². The quantitative estimate of drug-likeness (QED) is 0.823. The van der Waals surface area contributed by atoms with Crippen molar-refractivity contribution < 1.29 is 13.2 Å². The minimum Gasteiger partial charge on any atom is -0.255 e. The summed E-state index contributed by atoms with van der Waals surface area (Å²) >= 11 is 0. The van der Waals surface area contributed by atoms with Gasteiger partial charge in [-0.15, -0.1) is 0 Å². The summed E-state index contributed by atoms with van der Waals surface area (Å²) in [6.07, 6.45) is -2.10. The molecule has 5 heteroatoms. The zero-order valence-corrected chi connectivity index (χ0v) is 10.8. The van der Waals surface area contributed by atoms with Crippen molar-refractivity contribution in [2.24, 2.45) is 0 Å². The molecule has 0 atom stereocenters. The fourth-order valence-corrected chi connectivity index (χ4v) is 2.02. The number of rotatable bonds is 3. The lowest BCUT2D eigenvalue weighted by molar-refractivity contribution is -0.142. The Hall–Kier alpha value is -1.78. The first kappa shape index (κ1) is 13.6. The molecule has 102 valence electrons. The van der Waals surface area contributed by atoms with Gasteiger partial charge in [-0.2, -0.15) is 18.3 Å². The summed E-state index contributed by atoms with van der Waals surface area (Å²) in [5.74, 6) is 0. The number of aromatic nitrogens is 2. The fourth-order valence-electron chi connectivity index (χ4n) is 2.02. The second-order valence-corrected chi connectivity index (χ2v) is 4.51. The number of alkyl halides is 3. The molecule has 0 unspecified atom stereocenters. The van der Waals surface area contributed by atoms with E-state index in [1.807, 2.05) is 38.1 Å². The van der Waals surface area contributed by atoms with Gasteiger partial charge in [0.05, 0.1) is 11.9 Å². The van der Waals surface area contributed by atoms with Gasteiger partial charge in [0.25, 0.3) is 0 Å². The summed E-state index contributed by atoms with van der Waals surface area (Å²) < 4.78 is 38.7. The van der Waals surface area contributed by atoms with Gasteiger partial charge in [-0.3, -0.25) is 4.68 Å². The van der Waals surface area contributed by atoms with Gasteiger partial charge in [0.15, 0.2) is 0 Å². The molecule has 0 N–H and O–H groups in total. The summed E-state index contributed by atoms with van der Waals surface area (Å²) in [5.41, 5.74) is 3.22. The van der Waals surface area contributed by atoms with Crippen LogP contribution in [0.5, 0.6) is 0 Å². The van der Waals surface area contributed by atoms with E-state index >= 15 is 0 Å². The number of nitrogens with zero attached hydrogens (tertiary/aromatic N) is 2. The molecule has 1 aromatic heterocycles. The van der Waals surface area contributed by atoms with Crippen LogP contribution in [0.2, 0.25) is 0 Å². The molecular formula is C14H15F3N2. The Morgan fingerprint density at radius 2 is 1.79 bits per heavy atom. The second-order valence-electron chi connectivity index (χ2n) is 4.51. The van der Waals surface area contributed by atoms with Crippen molar-refractivity contribution in [3.8, 4) is 11.3 Å². The van der Waals surface area contributed by atoms with E-state index in [0.29, 0.717) is 12.1 Å². The van der Waals surface area contributed by atoms with Crippen LogP contribution in [0.25, 0.3) is 11.3 Å². The Balaban J connectivity index is 2.47. The van der Waals surface area contributed by atoms with Crippen molar-refractivity contribution in [3.63, 3.8) is 0 Å². The molecule has 1 aromatic carbocycles. The molecule has 0 aliphatic rings. The molecule has 2 rings (SSSR count). The Labute approximate surface area is 109 Å². The highest BCUT2D eigenvalue weighted by molar-refractivity contribution is 5.63. The van der Waals surface area contributed by atoms with Gasteiger partial charge in [-0.25, -0.2) is 0 Å². The number of hydrogen-bond donors (Lipinski definition) is 0. The summed E-state index contributed by atoms with van der Waals surface area (Å²) in [6.45, 7) is 2.79. The highest BCUT2D eigenvalue weighted by Crippen LogP contribution is 2.27. The van der Waals surface area contributed by atoms with Crippen LogP contribution in [0.1, 0.15) is 18.1 Å². The van der Waals surface area contributed by atoms with Gasteiger partial charge in [-0.1, -0.05) is 36.8 Å². The third kappa shape index (κ3) is 3.16. The predicted octanol–water partition coefficient (Wildman–Crippen LogP) is 3.98. The Morgan fingerprint density at radius 1 is 1.16 bits per heavy atom. The van der Waals surface area contributed by atoms with E-state index < -0.39 is 12.7 Å². The molecule has 0 fully saturated rings. The molecule has 0 amide bonds. The van der Waals surface area contributed by atoms with Crippen LogP contribution in [0, 0.1) is 6.92 Å². The highest BCUT2D eigenvalue weighted by Gasteiger charge is 2.30. The summed E-state index contributed by atoms with van der Waals surface area (Å²) in [7, 11) is 0. The lowest BCUT2D eigenvalue weighted by Crippen LogP contribution is -2.19. The summed E-state index contributed by atoms with van der Waals surface area (Å²) in [6, 6.07) is 7.44. The molecule has 0 radical (unpaired) electrons. The van der Waals surface area contributed by atoms with Crippen LogP contribution < -0.4 is 0 Å². The fraction of sp³-hybridized carbons (Fsp3) is 0.357. The van der Waals surface area contributed by atoms with Crippen LogP contribution in [0.3, 0.4) is 0 Å². The predicted molar refractivity (Wildman–Crippen MR) is 67.8 cm³/mol. The minimum atomic E-state index is -4.27. The molecule has 0 aliphatic heterocycles. The first-order chi connectivity index (χ1) is 8.90. The molecule has 2 aromatic rings. The van der Waals surface area contributed by atoms with E-state index in [0.717, 1.165) is 21.4 Å². The van der Waals surface area contributed by atoms with Crippen LogP contribution >= 0.6 is 0 Å². The van der Waals surface area contributed by atoms with E-state index in [2.05, 4.69) is 5.10 Å². The van der Waals surface area contributed by atoms with Gasteiger partial charge in [-0.05, 0) is 18.9 Å². The van der Waals surface area contributed by atoms with Gasteiger partial charge in [0.2, 0.25) is 0 Å². The topological polar surface area (TPSA) is 17.8 Å². The van der Waals surface area contributed by atoms with E-state index in [-0.39, 0.29) is 0 Å². The standard InChI is InChI=1S/C14H15F3N2/c1-3-11-8-18-19(9-14(15,16)17)13(11)12-6-4-10(2)5-7-12/h4-8H,3,9H2,1-2H3. The molecule has 0 aliphatic carbocycles. The van der Waals surface area contributed by atoms with Gasteiger partial charge >= 0.3 is 6.18 Å². The number of benzene rings is 1. The molecule has 0 saturated heterocycles. The maximum atomic E-state index is 12.6. The first-order valence-electron chi connectivity index (χ1n) is 6.09. The molecule has 0 spiro atoms. The molecule has 19 heavy (non-hydrogen) atoms. The van der Waals surface area contributed by atoms with Crippen molar-refractivity contribution >= 4 is 0 Å². The monoisotopic (exact) mass is 268 g/mol. The largest absolute Gasteiger partial charge is 0.408 e. The third-order valence-electron chi connectivity index (χ3n) is 2.95. The average Bonchev–Trinajstić information content (AvgIpc) is 2.71. The maximum absolute atomic E-state index is 12.6. The zero-order valence-electron chi connectivity index (χ0n) is 10.8. The minimum absolute atomic E-state index is 0.555. The normalized spacial score (nSPS) is 11.8. The molecular weight excluding hydrogens is 253 g/mol. The van der Waals surface area contributed by atoms with E-state index in [1.165, 1.54) is 6.20 Å². The first-order valence-corrected chi connectivity index (χ1v) is 6.09. The molecule has 2 nitrogen and oxygen atoms in total.